The topological polar surface area (TPSA) is 44.0 Å². The first-order valence-electron chi connectivity index (χ1n) is 5.32. The van der Waals surface area contributed by atoms with Crippen molar-refractivity contribution in [3.63, 3.8) is 0 Å². The highest BCUT2D eigenvalue weighted by Crippen LogP contribution is 2.13. The number of hydrogen-bond donors (Lipinski definition) is 1. The van der Waals surface area contributed by atoms with Crippen LogP contribution in [0.2, 0.25) is 0 Å². The number of nitrogens with one attached hydrogen (secondary N) is 1. The second-order valence-corrected chi connectivity index (χ2v) is 4.77. The van der Waals surface area contributed by atoms with Crippen molar-refractivity contribution in [2.24, 2.45) is 11.8 Å². The summed E-state index contributed by atoms with van der Waals surface area (Å²) >= 11 is 0. The molecule has 0 saturated carbocycles. The molecule has 0 aromatic rings. The van der Waals surface area contributed by atoms with Gasteiger partial charge >= 0.3 is 0 Å². The summed E-state index contributed by atoms with van der Waals surface area (Å²) in [6.45, 7) is 8.48. The lowest BCUT2D eigenvalue weighted by molar-refractivity contribution is 0.116. The molecule has 2 atom stereocenters. The molecule has 0 aromatic carbocycles. The van der Waals surface area contributed by atoms with E-state index in [9.17, 15) is 5.11 Å². The molecule has 0 bridgehead atoms. The second-order valence-electron chi connectivity index (χ2n) is 4.77. The minimum absolute atomic E-state index is 0.293. The van der Waals surface area contributed by atoms with E-state index in [4.69, 9.17) is 5.73 Å². The second kappa shape index (κ2) is 6.39. The Morgan fingerprint density at radius 3 is 1.92 bits per heavy atom. The smallest absolute Gasteiger partial charge is 0.0706 e. The third kappa shape index (κ3) is 7.03. The average Bonchev–Trinajstić information content (AvgIpc) is 1.98. The van der Waals surface area contributed by atoms with Gasteiger partial charge in [0.25, 0.3) is 0 Å². The lowest BCUT2D eigenvalue weighted by atomic mass is 9.95. The maximum Gasteiger partial charge on any atom is 0.0706 e. The van der Waals surface area contributed by atoms with Gasteiger partial charge in [-0.3, -0.25) is 5.73 Å². The third-order valence-electron chi connectivity index (χ3n) is 2.23. The van der Waals surface area contributed by atoms with Gasteiger partial charge in [-0.25, -0.2) is 0 Å². The van der Waals surface area contributed by atoms with Gasteiger partial charge in [0.15, 0.2) is 0 Å². The molecule has 0 heterocycles. The molecule has 0 aliphatic carbocycles. The highest BCUT2D eigenvalue weighted by atomic mass is 16.3. The van der Waals surface area contributed by atoms with Crippen molar-refractivity contribution in [1.29, 1.82) is 0 Å². The van der Waals surface area contributed by atoms with Crippen LogP contribution in [0.25, 0.3) is 0 Å². The molecule has 2 nitrogen and oxygen atoms in total. The van der Waals surface area contributed by atoms with Gasteiger partial charge in [-0.1, -0.05) is 27.7 Å². The number of aliphatic hydroxyl groups is 1. The number of rotatable bonds is 6. The Morgan fingerprint density at radius 1 is 1.00 bits per heavy atom. The highest BCUT2D eigenvalue weighted by Gasteiger charge is 2.16. The van der Waals surface area contributed by atoms with E-state index in [0.29, 0.717) is 11.8 Å². The quantitative estimate of drug-likeness (QED) is 0.680. The van der Waals surface area contributed by atoms with Crippen LogP contribution in [0.4, 0.5) is 0 Å². The molecule has 0 rings (SSSR count). The van der Waals surface area contributed by atoms with Crippen LogP contribution >= 0.6 is 0 Å². The minimum atomic E-state index is -0.426. The zero-order chi connectivity index (χ0) is 10.4. The normalized spacial score (nSPS) is 16.6. The van der Waals surface area contributed by atoms with Crippen LogP contribution in [0.1, 0.15) is 47.0 Å². The first-order chi connectivity index (χ1) is 5.93. The summed E-state index contributed by atoms with van der Waals surface area (Å²) in [6, 6.07) is -0.293. The molecule has 13 heavy (non-hydrogen) atoms. The van der Waals surface area contributed by atoms with E-state index in [1.807, 2.05) is 0 Å². The van der Waals surface area contributed by atoms with Crippen LogP contribution in [0, 0.1) is 11.8 Å². The Balaban J connectivity index is 3.62. The summed E-state index contributed by atoms with van der Waals surface area (Å²) in [7, 11) is 0. The summed E-state index contributed by atoms with van der Waals surface area (Å²) in [5.41, 5.74) is 7.70. The fraction of sp³-hybridized carbons (Fsp3) is 1.00. The Kier molecular flexibility index (Phi) is 6.35. The van der Waals surface area contributed by atoms with Gasteiger partial charge in [0.1, 0.15) is 0 Å². The van der Waals surface area contributed by atoms with Crippen LogP contribution in [0.5, 0.6) is 0 Å². The molecular formula is C11H24NO. The van der Waals surface area contributed by atoms with E-state index in [1.165, 1.54) is 0 Å². The molecular weight excluding hydrogens is 162 g/mol. The van der Waals surface area contributed by atoms with Gasteiger partial charge in [0, 0.05) is 6.04 Å². The van der Waals surface area contributed by atoms with Crippen molar-refractivity contribution in [2.75, 3.05) is 0 Å². The van der Waals surface area contributed by atoms with Crippen LogP contribution < -0.4 is 5.73 Å². The van der Waals surface area contributed by atoms with Crippen LogP contribution in [0.15, 0.2) is 0 Å². The summed E-state index contributed by atoms with van der Waals surface area (Å²) in [5, 5.41) is 9.63. The summed E-state index contributed by atoms with van der Waals surface area (Å²) in [6.07, 6.45) is 2.18. The van der Waals surface area contributed by atoms with Gasteiger partial charge in [0.2, 0.25) is 0 Å². The number of aliphatic hydroxyl groups excluding tert-OH is 1. The predicted molar refractivity (Wildman–Crippen MR) is 56.4 cm³/mol. The van der Waals surface area contributed by atoms with Crippen molar-refractivity contribution in [1.82, 2.24) is 5.73 Å². The average molecular weight is 186 g/mol. The van der Waals surface area contributed by atoms with Crippen molar-refractivity contribution < 1.29 is 5.11 Å². The summed E-state index contributed by atoms with van der Waals surface area (Å²) in [4.78, 5) is 0. The van der Waals surface area contributed by atoms with Crippen molar-refractivity contribution in [3.05, 3.63) is 0 Å². The molecule has 0 amide bonds. The van der Waals surface area contributed by atoms with Crippen LogP contribution in [-0.2, 0) is 0 Å². The largest absolute Gasteiger partial charge is 0.391 e. The number of hydrogen-bond acceptors (Lipinski definition) is 1. The molecule has 2 N–H and O–H groups in total. The first-order valence-corrected chi connectivity index (χ1v) is 5.32. The maximum atomic E-state index is 9.63. The molecule has 2 heteroatoms. The molecule has 0 saturated heterocycles. The zero-order valence-electron chi connectivity index (χ0n) is 9.38. The highest BCUT2D eigenvalue weighted by molar-refractivity contribution is 4.72. The maximum absolute atomic E-state index is 9.63. The van der Waals surface area contributed by atoms with Gasteiger partial charge < -0.3 is 5.11 Å². The van der Waals surface area contributed by atoms with Gasteiger partial charge in [-0.2, -0.15) is 0 Å². The molecule has 0 unspecified atom stereocenters. The Labute approximate surface area is 82.5 Å². The molecule has 0 fully saturated rings. The SMILES string of the molecule is CC(C)CC[C@H](O)[C@@H]([NH])CC(C)C. The predicted octanol–water partition coefficient (Wildman–Crippen LogP) is 2.48. The van der Waals surface area contributed by atoms with E-state index in [1.54, 1.807) is 0 Å². The zero-order valence-corrected chi connectivity index (χ0v) is 9.38. The van der Waals surface area contributed by atoms with E-state index < -0.39 is 6.10 Å². The Morgan fingerprint density at radius 2 is 1.54 bits per heavy atom. The lowest BCUT2D eigenvalue weighted by Crippen LogP contribution is -2.29. The van der Waals surface area contributed by atoms with E-state index >= 15 is 0 Å². The minimum Gasteiger partial charge on any atom is -0.391 e. The summed E-state index contributed by atoms with van der Waals surface area (Å²) in [5.74, 6) is 1.14. The molecule has 0 spiro atoms. The fourth-order valence-electron chi connectivity index (χ4n) is 1.37. The van der Waals surface area contributed by atoms with Crippen LogP contribution in [-0.4, -0.2) is 17.3 Å². The van der Waals surface area contributed by atoms with Crippen molar-refractivity contribution in [3.8, 4) is 0 Å². The first kappa shape index (κ1) is 12.9. The van der Waals surface area contributed by atoms with E-state index in [2.05, 4.69) is 27.7 Å². The van der Waals surface area contributed by atoms with Crippen molar-refractivity contribution >= 4 is 0 Å². The molecule has 0 aliphatic heterocycles. The molecule has 79 valence electrons. The monoisotopic (exact) mass is 186 g/mol. The van der Waals surface area contributed by atoms with Gasteiger partial charge in [-0.05, 0) is 31.1 Å². The Hall–Kier alpha value is -0.0800. The fourth-order valence-corrected chi connectivity index (χ4v) is 1.37. The van der Waals surface area contributed by atoms with Gasteiger partial charge in [0.05, 0.1) is 6.10 Å². The molecule has 0 aromatic heterocycles. The summed E-state index contributed by atoms with van der Waals surface area (Å²) < 4.78 is 0. The third-order valence-corrected chi connectivity index (χ3v) is 2.23. The Bertz CT molecular complexity index is 123. The van der Waals surface area contributed by atoms with E-state index in [-0.39, 0.29) is 6.04 Å². The molecule has 1 radical (unpaired) electrons. The standard InChI is InChI=1S/C11H24NO/c1-8(2)5-6-11(13)10(12)7-9(3)4/h8-13H,5-7H2,1-4H3/t10-,11-/m0/s1. The van der Waals surface area contributed by atoms with E-state index in [0.717, 1.165) is 19.3 Å². The molecule has 0 aliphatic rings. The van der Waals surface area contributed by atoms with Gasteiger partial charge in [-0.15, -0.1) is 0 Å². The van der Waals surface area contributed by atoms with Crippen molar-refractivity contribution in [2.45, 2.75) is 59.1 Å². The van der Waals surface area contributed by atoms with Crippen LogP contribution in [0.3, 0.4) is 0 Å². The lowest BCUT2D eigenvalue weighted by Gasteiger charge is -2.20.